The minimum Gasteiger partial charge on any atom is -0.344 e. The van der Waals surface area contributed by atoms with Crippen LogP contribution in [-0.4, -0.2) is 48.3 Å². The molecule has 0 spiro atoms. The summed E-state index contributed by atoms with van der Waals surface area (Å²) in [7, 11) is 1.81. The van der Waals surface area contributed by atoms with Gasteiger partial charge in [-0.1, -0.05) is 0 Å². The number of rotatable bonds is 1. The Morgan fingerprint density at radius 2 is 1.95 bits per heavy atom. The van der Waals surface area contributed by atoms with E-state index in [1.165, 1.54) is 24.0 Å². The maximum atomic E-state index is 12.7. The molecule has 108 valence electrons. The van der Waals surface area contributed by atoms with Crippen molar-refractivity contribution in [1.29, 1.82) is 0 Å². The van der Waals surface area contributed by atoms with Gasteiger partial charge in [0.15, 0.2) is 0 Å². The molecule has 0 unspecified atom stereocenters. The van der Waals surface area contributed by atoms with E-state index in [1.54, 1.807) is 16.2 Å². The van der Waals surface area contributed by atoms with Gasteiger partial charge in [-0.15, -0.1) is 11.3 Å². The molecular weight excluding hydrogens is 272 g/mol. The standard InChI is InChI=1S/C15H20N2O2S/c1-16-8-9-17(7-6-13(16)18)15(19)14-12-5-3-2-4-11(12)10-20-14/h10H,2-9H2,1H3. The molecule has 1 aliphatic carbocycles. The van der Waals surface area contributed by atoms with Crippen LogP contribution in [0.15, 0.2) is 5.38 Å². The number of amides is 2. The zero-order chi connectivity index (χ0) is 14.1. The van der Waals surface area contributed by atoms with Gasteiger partial charge in [0.25, 0.3) is 5.91 Å². The summed E-state index contributed by atoms with van der Waals surface area (Å²) >= 11 is 1.59. The van der Waals surface area contributed by atoms with E-state index in [2.05, 4.69) is 5.38 Å². The molecule has 2 amide bonds. The lowest BCUT2D eigenvalue weighted by Crippen LogP contribution is -2.34. The van der Waals surface area contributed by atoms with Crippen molar-refractivity contribution in [3.8, 4) is 0 Å². The molecule has 1 aliphatic heterocycles. The molecule has 1 aromatic rings. The molecule has 0 N–H and O–H groups in total. The molecule has 0 atom stereocenters. The summed E-state index contributed by atoms with van der Waals surface area (Å²) in [5.74, 6) is 0.259. The van der Waals surface area contributed by atoms with Crippen LogP contribution < -0.4 is 0 Å². The number of aryl methyl sites for hydroxylation is 1. The molecule has 2 heterocycles. The van der Waals surface area contributed by atoms with Gasteiger partial charge in [-0.25, -0.2) is 0 Å². The molecule has 20 heavy (non-hydrogen) atoms. The maximum absolute atomic E-state index is 12.7. The van der Waals surface area contributed by atoms with Crippen molar-refractivity contribution in [3.63, 3.8) is 0 Å². The molecule has 1 fully saturated rings. The fourth-order valence-electron chi connectivity index (χ4n) is 2.97. The average molecular weight is 292 g/mol. The highest BCUT2D eigenvalue weighted by atomic mass is 32.1. The van der Waals surface area contributed by atoms with Crippen LogP contribution in [0.4, 0.5) is 0 Å². The van der Waals surface area contributed by atoms with Crippen LogP contribution in [-0.2, 0) is 17.6 Å². The first-order chi connectivity index (χ1) is 9.66. The van der Waals surface area contributed by atoms with Gasteiger partial charge in [0.05, 0.1) is 4.88 Å². The largest absolute Gasteiger partial charge is 0.344 e. The van der Waals surface area contributed by atoms with E-state index in [4.69, 9.17) is 0 Å². The fraction of sp³-hybridized carbons (Fsp3) is 0.600. The number of nitrogens with zero attached hydrogens (tertiary/aromatic N) is 2. The zero-order valence-corrected chi connectivity index (χ0v) is 12.7. The van der Waals surface area contributed by atoms with Crippen LogP contribution in [0.2, 0.25) is 0 Å². The van der Waals surface area contributed by atoms with Crippen LogP contribution in [0.5, 0.6) is 0 Å². The lowest BCUT2D eigenvalue weighted by atomic mass is 9.93. The lowest BCUT2D eigenvalue weighted by Gasteiger charge is -2.21. The van der Waals surface area contributed by atoms with E-state index in [1.807, 2.05) is 11.9 Å². The molecule has 0 saturated carbocycles. The number of carbonyl (C=O) groups is 2. The Kier molecular flexibility index (Phi) is 3.78. The summed E-state index contributed by atoms with van der Waals surface area (Å²) in [6.07, 6.45) is 5.01. The smallest absolute Gasteiger partial charge is 0.264 e. The molecule has 1 aromatic heterocycles. The number of likely N-dealkylation sites (N-methyl/N-ethyl adjacent to an activating group) is 1. The number of thiophene rings is 1. The predicted octanol–water partition coefficient (Wildman–Crippen LogP) is 1.93. The molecule has 3 rings (SSSR count). The Morgan fingerprint density at radius 1 is 1.15 bits per heavy atom. The summed E-state index contributed by atoms with van der Waals surface area (Å²) in [6.45, 7) is 1.83. The number of hydrogen-bond acceptors (Lipinski definition) is 3. The van der Waals surface area contributed by atoms with Gasteiger partial charge in [-0.05, 0) is 42.2 Å². The third kappa shape index (κ3) is 2.46. The van der Waals surface area contributed by atoms with E-state index < -0.39 is 0 Å². The molecule has 5 heteroatoms. The van der Waals surface area contributed by atoms with E-state index in [9.17, 15) is 9.59 Å². The first-order valence-corrected chi connectivity index (χ1v) is 8.17. The van der Waals surface area contributed by atoms with Crippen molar-refractivity contribution in [2.45, 2.75) is 32.1 Å². The minimum absolute atomic E-state index is 0.126. The molecule has 0 radical (unpaired) electrons. The van der Waals surface area contributed by atoms with Gasteiger partial charge in [-0.3, -0.25) is 9.59 Å². The Bertz CT molecular complexity index is 538. The van der Waals surface area contributed by atoms with Gasteiger partial charge < -0.3 is 9.80 Å². The molecule has 0 bridgehead atoms. The summed E-state index contributed by atoms with van der Waals surface area (Å²) < 4.78 is 0. The average Bonchev–Trinajstić information content (AvgIpc) is 2.82. The normalized spacial score (nSPS) is 19.8. The topological polar surface area (TPSA) is 40.6 Å². The van der Waals surface area contributed by atoms with Gasteiger partial charge in [-0.2, -0.15) is 0 Å². The van der Waals surface area contributed by atoms with Crippen molar-refractivity contribution in [3.05, 3.63) is 21.4 Å². The summed E-state index contributed by atoms with van der Waals surface area (Å²) in [5, 5.41) is 2.15. The molecule has 0 aromatic carbocycles. The van der Waals surface area contributed by atoms with Crippen molar-refractivity contribution in [2.24, 2.45) is 0 Å². The van der Waals surface area contributed by atoms with Crippen LogP contribution in [0.25, 0.3) is 0 Å². The molecular formula is C15H20N2O2S. The monoisotopic (exact) mass is 292 g/mol. The van der Waals surface area contributed by atoms with Crippen molar-refractivity contribution >= 4 is 23.2 Å². The predicted molar refractivity (Wildman–Crippen MR) is 79.1 cm³/mol. The van der Waals surface area contributed by atoms with Crippen LogP contribution in [0, 0.1) is 0 Å². The van der Waals surface area contributed by atoms with Gasteiger partial charge >= 0.3 is 0 Å². The van der Waals surface area contributed by atoms with Crippen molar-refractivity contribution in [2.75, 3.05) is 26.7 Å². The maximum Gasteiger partial charge on any atom is 0.264 e. The number of hydrogen-bond donors (Lipinski definition) is 0. The van der Waals surface area contributed by atoms with Crippen molar-refractivity contribution in [1.82, 2.24) is 9.80 Å². The first kappa shape index (κ1) is 13.6. The Labute approximate surface area is 123 Å². The van der Waals surface area contributed by atoms with E-state index in [0.717, 1.165) is 17.7 Å². The Balaban J connectivity index is 1.79. The van der Waals surface area contributed by atoms with E-state index >= 15 is 0 Å². The summed E-state index contributed by atoms with van der Waals surface area (Å²) in [5.41, 5.74) is 2.64. The summed E-state index contributed by atoms with van der Waals surface area (Å²) in [6, 6.07) is 0. The molecule has 2 aliphatic rings. The second kappa shape index (κ2) is 5.56. The van der Waals surface area contributed by atoms with Crippen molar-refractivity contribution < 1.29 is 9.59 Å². The van der Waals surface area contributed by atoms with E-state index in [0.29, 0.717) is 26.1 Å². The second-order valence-corrected chi connectivity index (χ2v) is 6.51. The van der Waals surface area contributed by atoms with Crippen LogP contribution in [0.3, 0.4) is 0 Å². The van der Waals surface area contributed by atoms with E-state index in [-0.39, 0.29) is 11.8 Å². The first-order valence-electron chi connectivity index (χ1n) is 7.29. The Hall–Kier alpha value is -1.36. The highest BCUT2D eigenvalue weighted by Crippen LogP contribution is 2.30. The second-order valence-electron chi connectivity index (χ2n) is 5.63. The van der Waals surface area contributed by atoms with Crippen LogP contribution >= 0.6 is 11.3 Å². The van der Waals surface area contributed by atoms with Gasteiger partial charge in [0.2, 0.25) is 5.91 Å². The quantitative estimate of drug-likeness (QED) is 0.793. The lowest BCUT2D eigenvalue weighted by molar-refractivity contribution is -0.129. The number of fused-ring (bicyclic) bond motifs is 1. The summed E-state index contributed by atoms with van der Waals surface area (Å²) in [4.78, 5) is 28.9. The van der Waals surface area contributed by atoms with Crippen LogP contribution in [0.1, 0.15) is 40.1 Å². The number of carbonyl (C=O) groups excluding carboxylic acids is 2. The third-order valence-electron chi connectivity index (χ3n) is 4.31. The zero-order valence-electron chi connectivity index (χ0n) is 11.9. The van der Waals surface area contributed by atoms with Gasteiger partial charge in [0.1, 0.15) is 0 Å². The highest BCUT2D eigenvalue weighted by molar-refractivity contribution is 7.12. The molecule has 4 nitrogen and oxygen atoms in total. The SMILES string of the molecule is CN1CCN(C(=O)c2scc3c2CCCC3)CCC1=O. The molecule has 1 saturated heterocycles. The highest BCUT2D eigenvalue weighted by Gasteiger charge is 2.26. The third-order valence-corrected chi connectivity index (χ3v) is 5.37. The Morgan fingerprint density at radius 3 is 2.80 bits per heavy atom. The van der Waals surface area contributed by atoms with Gasteiger partial charge in [0, 0.05) is 33.1 Å². The minimum atomic E-state index is 0.126. The fourth-order valence-corrected chi connectivity index (χ4v) is 4.10.